The molecule has 0 spiro atoms. The zero-order chi connectivity index (χ0) is 24.0. The molecule has 1 aliphatic rings. The normalized spacial score (nSPS) is 16.6. The summed E-state index contributed by atoms with van der Waals surface area (Å²) in [6, 6.07) is 25.2. The number of halogens is 1. The van der Waals surface area contributed by atoms with Crippen molar-refractivity contribution in [3.05, 3.63) is 102 Å². The monoisotopic (exact) mass is 484 g/mol. The van der Waals surface area contributed by atoms with Crippen molar-refractivity contribution in [2.24, 2.45) is 0 Å². The van der Waals surface area contributed by atoms with Crippen molar-refractivity contribution in [3.8, 4) is 0 Å². The lowest BCUT2D eigenvalue weighted by Gasteiger charge is -2.35. The molecule has 1 aliphatic heterocycles. The quantitative estimate of drug-likeness (QED) is 0.505. The number of sulfonamides is 1. The van der Waals surface area contributed by atoms with Gasteiger partial charge < -0.3 is 9.84 Å². The van der Waals surface area contributed by atoms with Crippen molar-refractivity contribution in [2.75, 3.05) is 39.3 Å². The summed E-state index contributed by atoms with van der Waals surface area (Å²) in [5, 5.41) is 10.6. The molecule has 3 aromatic carbocycles. The van der Waals surface area contributed by atoms with Crippen LogP contribution in [-0.2, 0) is 14.8 Å². The van der Waals surface area contributed by atoms with Gasteiger partial charge in [0.05, 0.1) is 12.7 Å². The van der Waals surface area contributed by atoms with Crippen LogP contribution < -0.4 is 0 Å². The summed E-state index contributed by atoms with van der Waals surface area (Å²) in [6.45, 7) is 1.88. The highest BCUT2D eigenvalue weighted by molar-refractivity contribution is 7.89. The van der Waals surface area contributed by atoms with Crippen molar-refractivity contribution < 1.29 is 22.7 Å². The number of hydrogen-bond acceptors (Lipinski definition) is 5. The first-order chi connectivity index (χ1) is 16.4. The van der Waals surface area contributed by atoms with Crippen LogP contribution in [0.15, 0.2) is 89.8 Å². The van der Waals surface area contributed by atoms with Gasteiger partial charge in [0.15, 0.2) is 0 Å². The summed E-state index contributed by atoms with van der Waals surface area (Å²) in [6.07, 6.45) is -1.02. The number of β-amino-alcohol motifs (C(OH)–C–C–N with tert-alkyl or cyclic N) is 1. The Kier molecular flexibility index (Phi) is 8.07. The molecule has 180 valence electrons. The van der Waals surface area contributed by atoms with Gasteiger partial charge in [0.2, 0.25) is 10.0 Å². The average Bonchev–Trinajstić information content (AvgIpc) is 2.86. The second-order valence-electron chi connectivity index (χ2n) is 8.32. The Balaban J connectivity index is 1.32. The second kappa shape index (κ2) is 11.2. The first kappa shape index (κ1) is 24.5. The zero-order valence-corrected chi connectivity index (χ0v) is 19.6. The molecule has 0 radical (unpaired) electrons. The summed E-state index contributed by atoms with van der Waals surface area (Å²) in [4.78, 5) is 1.70. The van der Waals surface area contributed by atoms with E-state index in [1.165, 1.54) is 22.5 Å². The third-order valence-electron chi connectivity index (χ3n) is 5.91. The third-order valence-corrected chi connectivity index (χ3v) is 7.85. The molecule has 4 rings (SSSR count). The first-order valence-electron chi connectivity index (χ1n) is 11.3. The lowest BCUT2D eigenvalue weighted by Crippen LogP contribution is -2.50. The largest absolute Gasteiger partial charge is 0.389 e. The van der Waals surface area contributed by atoms with E-state index in [-0.39, 0.29) is 30.7 Å². The number of hydrogen-bond donors (Lipinski definition) is 1. The minimum atomic E-state index is -3.88. The van der Waals surface area contributed by atoms with Gasteiger partial charge in [-0.3, -0.25) is 4.90 Å². The van der Waals surface area contributed by atoms with E-state index in [4.69, 9.17) is 4.74 Å². The van der Waals surface area contributed by atoms with E-state index in [1.807, 2.05) is 65.6 Å². The fourth-order valence-corrected chi connectivity index (χ4v) is 5.63. The van der Waals surface area contributed by atoms with E-state index in [9.17, 15) is 17.9 Å². The summed E-state index contributed by atoms with van der Waals surface area (Å²) in [5.41, 5.74) is 2.01. The minimum absolute atomic E-state index is 0.141. The highest BCUT2D eigenvalue weighted by atomic mass is 32.2. The van der Waals surface area contributed by atoms with Crippen molar-refractivity contribution in [3.63, 3.8) is 0 Å². The fourth-order valence-electron chi connectivity index (χ4n) is 4.14. The van der Waals surface area contributed by atoms with Crippen LogP contribution in [0.25, 0.3) is 0 Å². The predicted octanol–water partition coefficient (Wildman–Crippen LogP) is 3.30. The molecule has 0 saturated carbocycles. The minimum Gasteiger partial charge on any atom is -0.389 e. The van der Waals surface area contributed by atoms with Crippen LogP contribution in [0.3, 0.4) is 0 Å². The van der Waals surface area contributed by atoms with Crippen LogP contribution in [0.1, 0.15) is 17.2 Å². The Labute approximate surface area is 200 Å². The van der Waals surface area contributed by atoms with Gasteiger partial charge in [-0.2, -0.15) is 4.31 Å². The standard InChI is InChI=1S/C26H29FN2O4S/c27-24-13-7-8-14-25(24)34(31,32)29-17-15-28(16-18-29)19-23(30)20-33-26(21-9-3-1-4-10-21)22-11-5-2-6-12-22/h1-14,23,26,30H,15-20H2. The van der Waals surface area contributed by atoms with E-state index in [1.54, 1.807) is 0 Å². The molecule has 1 heterocycles. The Bertz CT molecular complexity index is 1110. The average molecular weight is 485 g/mol. The second-order valence-corrected chi connectivity index (χ2v) is 10.2. The van der Waals surface area contributed by atoms with Gasteiger partial charge in [0.25, 0.3) is 0 Å². The highest BCUT2D eigenvalue weighted by Crippen LogP contribution is 2.26. The predicted molar refractivity (Wildman–Crippen MR) is 128 cm³/mol. The summed E-state index contributed by atoms with van der Waals surface area (Å²) >= 11 is 0. The first-order valence-corrected chi connectivity index (χ1v) is 12.8. The molecule has 1 saturated heterocycles. The number of aliphatic hydroxyl groups excluding tert-OH is 1. The van der Waals surface area contributed by atoms with Crippen molar-refractivity contribution >= 4 is 10.0 Å². The molecule has 0 aromatic heterocycles. The summed E-state index contributed by atoms with van der Waals surface area (Å²) < 4.78 is 47.0. The molecule has 1 unspecified atom stereocenters. The molecule has 0 amide bonds. The molecule has 1 fully saturated rings. The fraction of sp³-hybridized carbons (Fsp3) is 0.308. The number of ether oxygens (including phenoxy) is 1. The van der Waals surface area contributed by atoms with Crippen molar-refractivity contribution in [1.82, 2.24) is 9.21 Å². The van der Waals surface area contributed by atoms with Gasteiger partial charge in [-0.25, -0.2) is 12.8 Å². The van der Waals surface area contributed by atoms with Crippen LogP contribution in [0, 0.1) is 5.82 Å². The van der Waals surface area contributed by atoms with Crippen molar-refractivity contribution in [2.45, 2.75) is 17.1 Å². The van der Waals surface area contributed by atoms with Crippen LogP contribution in [0.4, 0.5) is 4.39 Å². The maximum absolute atomic E-state index is 14.0. The van der Waals surface area contributed by atoms with Crippen LogP contribution in [-0.4, -0.2) is 68.2 Å². The molecule has 34 heavy (non-hydrogen) atoms. The van der Waals surface area contributed by atoms with Crippen molar-refractivity contribution in [1.29, 1.82) is 0 Å². The maximum Gasteiger partial charge on any atom is 0.246 e. The van der Waals surface area contributed by atoms with Gasteiger partial charge in [-0.1, -0.05) is 72.8 Å². The maximum atomic E-state index is 14.0. The third kappa shape index (κ3) is 5.89. The van der Waals surface area contributed by atoms with Gasteiger partial charge in [0.1, 0.15) is 16.8 Å². The van der Waals surface area contributed by atoms with Gasteiger partial charge in [-0.15, -0.1) is 0 Å². The van der Waals surface area contributed by atoms with Crippen LogP contribution in [0.5, 0.6) is 0 Å². The molecule has 3 aromatic rings. The molecular weight excluding hydrogens is 455 g/mol. The Morgan fingerprint density at radius 2 is 1.35 bits per heavy atom. The smallest absolute Gasteiger partial charge is 0.246 e. The van der Waals surface area contributed by atoms with E-state index < -0.39 is 21.9 Å². The number of benzene rings is 3. The Hall–Kier alpha value is -2.62. The molecule has 8 heteroatoms. The number of piperazine rings is 1. The zero-order valence-electron chi connectivity index (χ0n) is 18.8. The van der Waals surface area contributed by atoms with E-state index in [0.29, 0.717) is 19.6 Å². The topological polar surface area (TPSA) is 70.1 Å². The Morgan fingerprint density at radius 1 is 0.824 bits per heavy atom. The van der Waals surface area contributed by atoms with E-state index in [2.05, 4.69) is 0 Å². The highest BCUT2D eigenvalue weighted by Gasteiger charge is 2.31. The summed E-state index contributed by atoms with van der Waals surface area (Å²) in [7, 11) is -3.88. The SMILES string of the molecule is O=S(=O)(c1ccccc1F)N1CCN(CC(O)COC(c2ccccc2)c2ccccc2)CC1. The lowest BCUT2D eigenvalue weighted by molar-refractivity contribution is -0.0117. The molecule has 1 atom stereocenters. The van der Waals surface area contributed by atoms with E-state index >= 15 is 0 Å². The van der Waals surface area contributed by atoms with Gasteiger partial charge in [0, 0.05) is 32.7 Å². The molecular formula is C26H29FN2O4S. The molecule has 6 nitrogen and oxygen atoms in total. The van der Waals surface area contributed by atoms with E-state index in [0.717, 1.165) is 17.2 Å². The number of rotatable bonds is 9. The number of aliphatic hydroxyl groups is 1. The summed E-state index contributed by atoms with van der Waals surface area (Å²) in [5.74, 6) is -0.746. The molecule has 0 bridgehead atoms. The molecule has 0 aliphatic carbocycles. The Morgan fingerprint density at radius 3 is 1.91 bits per heavy atom. The number of nitrogens with zero attached hydrogens (tertiary/aromatic N) is 2. The molecule has 1 N–H and O–H groups in total. The van der Waals surface area contributed by atoms with Gasteiger partial charge >= 0.3 is 0 Å². The van der Waals surface area contributed by atoms with Gasteiger partial charge in [-0.05, 0) is 23.3 Å². The lowest BCUT2D eigenvalue weighted by atomic mass is 10.0. The van der Waals surface area contributed by atoms with Crippen LogP contribution >= 0.6 is 0 Å². The van der Waals surface area contributed by atoms with Crippen LogP contribution in [0.2, 0.25) is 0 Å².